The maximum Gasteiger partial charge on any atom is 0.128 e. The molecule has 0 spiro atoms. The molecule has 0 amide bonds. The van der Waals surface area contributed by atoms with Crippen molar-refractivity contribution in [2.45, 2.75) is 33.4 Å². The van der Waals surface area contributed by atoms with E-state index >= 15 is 0 Å². The Morgan fingerprint density at radius 3 is 2.53 bits per heavy atom. The lowest BCUT2D eigenvalue weighted by Crippen LogP contribution is -2.32. The highest BCUT2D eigenvalue weighted by atomic mass is 19.1. The number of hydrogen-bond acceptors (Lipinski definition) is 2. The van der Waals surface area contributed by atoms with Crippen LogP contribution in [0.2, 0.25) is 0 Å². The molecule has 0 aromatic heterocycles. The van der Waals surface area contributed by atoms with Gasteiger partial charge in [0.15, 0.2) is 0 Å². The Balaban J connectivity index is 2.80. The van der Waals surface area contributed by atoms with Crippen LogP contribution in [-0.2, 0) is 6.54 Å². The van der Waals surface area contributed by atoms with Gasteiger partial charge in [0.1, 0.15) is 5.82 Å². The lowest BCUT2D eigenvalue weighted by molar-refractivity contribution is 0.198. The van der Waals surface area contributed by atoms with Crippen LogP contribution in [0, 0.1) is 23.6 Å². The summed E-state index contributed by atoms with van der Waals surface area (Å²) in [5, 5.41) is 0. The number of benzene rings is 1. The van der Waals surface area contributed by atoms with Crippen LogP contribution in [0.25, 0.3) is 0 Å². The molecule has 2 nitrogen and oxygen atoms in total. The molecule has 0 heterocycles. The molecule has 19 heavy (non-hydrogen) atoms. The first-order valence-electron chi connectivity index (χ1n) is 6.63. The minimum atomic E-state index is -0.202. The molecular formula is C16H23FN2. The van der Waals surface area contributed by atoms with Gasteiger partial charge in [-0.3, -0.25) is 4.90 Å². The standard InChI is InChI=1S/C16H23FN2/c1-12(2)13(3)19(4)11-15-8-7-14(6-5-9-18)10-16(15)17/h7-8,10,12-13H,9,11,18H2,1-4H3. The molecule has 1 atom stereocenters. The van der Waals surface area contributed by atoms with Crippen molar-refractivity contribution in [1.29, 1.82) is 0 Å². The predicted molar refractivity (Wildman–Crippen MR) is 78.1 cm³/mol. The van der Waals surface area contributed by atoms with E-state index in [0.29, 0.717) is 29.6 Å². The summed E-state index contributed by atoms with van der Waals surface area (Å²) in [6.07, 6.45) is 0. The Kier molecular flexibility index (Phi) is 6.01. The van der Waals surface area contributed by atoms with E-state index in [2.05, 4.69) is 37.5 Å². The van der Waals surface area contributed by atoms with Gasteiger partial charge in [0.05, 0.1) is 6.54 Å². The Hall–Kier alpha value is -1.37. The van der Waals surface area contributed by atoms with E-state index in [-0.39, 0.29) is 12.4 Å². The molecule has 0 fully saturated rings. The third-order valence-corrected chi connectivity index (χ3v) is 3.47. The van der Waals surface area contributed by atoms with Crippen molar-refractivity contribution >= 4 is 0 Å². The van der Waals surface area contributed by atoms with Gasteiger partial charge in [-0.2, -0.15) is 0 Å². The van der Waals surface area contributed by atoms with E-state index in [0.717, 1.165) is 0 Å². The van der Waals surface area contributed by atoms with Crippen LogP contribution < -0.4 is 5.73 Å². The Bertz CT molecular complexity index is 471. The van der Waals surface area contributed by atoms with Crippen molar-refractivity contribution < 1.29 is 4.39 Å². The second kappa shape index (κ2) is 7.28. The molecule has 0 aliphatic carbocycles. The van der Waals surface area contributed by atoms with Crippen LogP contribution >= 0.6 is 0 Å². The highest BCUT2D eigenvalue weighted by Gasteiger charge is 2.14. The summed E-state index contributed by atoms with van der Waals surface area (Å²) in [7, 11) is 2.02. The summed E-state index contributed by atoms with van der Waals surface area (Å²) >= 11 is 0. The van der Waals surface area contributed by atoms with Crippen molar-refractivity contribution in [2.75, 3.05) is 13.6 Å². The van der Waals surface area contributed by atoms with Crippen LogP contribution in [0.4, 0.5) is 4.39 Å². The summed E-state index contributed by atoms with van der Waals surface area (Å²) < 4.78 is 14.0. The molecule has 0 aliphatic rings. The largest absolute Gasteiger partial charge is 0.320 e. The lowest BCUT2D eigenvalue weighted by atomic mass is 10.0. The van der Waals surface area contributed by atoms with Gasteiger partial charge >= 0.3 is 0 Å². The fourth-order valence-corrected chi connectivity index (χ4v) is 1.83. The third-order valence-electron chi connectivity index (χ3n) is 3.47. The van der Waals surface area contributed by atoms with E-state index < -0.39 is 0 Å². The fourth-order valence-electron chi connectivity index (χ4n) is 1.83. The molecule has 3 heteroatoms. The average Bonchev–Trinajstić information content (AvgIpc) is 2.37. The Labute approximate surface area is 115 Å². The highest BCUT2D eigenvalue weighted by molar-refractivity contribution is 5.37. The monoisotopic (exact) mass is 262 g/mol. The number of halogens is 1. The number of hydrogen-bond donors (Lipinski definition) is 1. The summed E-state index contributed by atoms with van der Waals surface area (Å²) in [6.45, 7) is 7.39. The topological polar surface area (TPSA) is 29.3 Å². The maximum atomic E-state index is 14.0. The van der Waals surface area contributed by atoms with Gasteiger partial charge in [-0.15, -0.1) is 0 Å². The van der Waals surface area contributed by atoms with E-state index in [1.165, 1.54) is 6.07 Å². The molecule has 1 rings (SSSR count). The zero-order valence-electron chi connectivity index (χ0n) is 12.2. The van der Waals surface area contributed by atoms with Crippen LogP contribution in [-0.4, -0.2) is 24.5 Å². The predicted octanol–water partition coefficient (Wildman–Crippen LogP) is 2.61. The van der Waals surface area contributed by atoms with Crippen molar-refractivity contribution in [2.24, 2.45) is 11.7 Å². The molecule has 0 bridgehead atoms. The van der Waals surface area contributed by atoms with Gasteiger partial charge in [0, 0.05) is 23.7 Å². The van der Waals surface area contributed by atoms with Crippen LogP contribution in [0.1, 0.15) is 31.9 Å². The van der Waals surface area contributed by atoms with Crippen molar-refractivity contribution in [3.05, 3.63) is 35.1 Å². The summed E-state index contributed by atoms with van der Waals surface area (Å²) in [6, 6.07) is 5.54. The lowest BCUT2D eigenvalue weighted by Gasteiger charge is -2.28. The third kappa shape index (κ3) is 4.66. The summed E-state index contributed by atoms with van der Waals surface area (Å²) in [5.74, 6) is 5.91. The van der Waals surface area contributed by atoms with Crippen molar-refractivity contribution in [1.82, 2.24) is 4.90 Å². The minimum Gasteiger partial charge on any atom is -0.320 e. The Morgan fingerprint density at radius 1 is 1.32 bits per heavy atom. The molecular weight excluding hydrogens is 239 g/mol. The number of nitrogens with zero attached hydrogens (tertiary/aromatic N) is 1. The van der Waals surface area contributed by atoms with Gasteiger partial charge < -0.3 is 5.73 Å². The highest BCUT2D eigenvalue weighted by Crippen LogP contribution is 2.16. The normalized spacial score (nSPS) is 12.4. The number of rotatable bonds is 4. The first-order chi connectivity index (χ1) is 8.95. The smallest absolute Gasteiger partial charge is 0.128 e. The van der Waals surface area contributed by atoms with E-state index in [9.17, 15) is 4.39 Å². The Morgan fingerprint density at radius 2 is 2.00 bits per heavy atom. The average molecular weight is 262 g/mol. The van der Waals surface area contributed by atoms with Crippen LogP contribution in [0.3, 0.4) is 0 Å². The minimum absolute atomic E-state index is 0.202. The van der Waals surface area contributed by atoms with E-state index in [1.54, 1.807) is 6.07 Å². The van der Waals surface area contributed by atoms with E-state index in [1.807, 2.05) is 13.1 Å². The molecule has 1 aromatic carbocycles. The zero-order chi connectivity index (χ0) is 14.4. The number of nitrogens with two attached hydrogens (primary N) is 1. The molecule has 0 aliphatic heterocycles. The second-order valence-electron chi connectivity index (χ2n) is 5.21. The summed E-state index contributed by atoms with van der Waals surface area (Å²) in [4.78, 5) is 2.16. The summed E-state index contributed by atoms with van der Waals surface area (Å²) in [5.41, 5.74) is 6.67. The molecule has 1 aromatic rings. The van der Waals surface area contributed by atoms with Crippen molar-refractivity contribution in [3.63, 3.8) is 0 Å². The SMILES string of the molecule is CC(C)C(C)N(C)Cc1ccc(C#CCN)cc1F. The van der Waals surface area contributed by atoms with E-state index in [4.69, 9.17) is 5.73 Å². The molecule has 2 N–H and O–H groups in total. The quantitative estimate of drug-likeness (QED) is 0.845. The molecule has 0 saturated heterocycles. The zero-order valence-corrected chi connectivity index (χ0v) is 12.2. The van der Waals surface area contributed by atoms with Crippen LogP contribution in [0.15, 0.2) is 18.2 Å². The van der Waals surface area contributed by atoms with Crippen molar-refractivity contribution in [3.8, 4) is 11.8 Å². The first-order valence-corrected chi connectivity index (χ1v) is 6.63. The maximum absolute atomic E-state index is 14.0. The molecule has 0 saturated carbocycles. The molecule has 1 unspecified atom stereocenters. The second-order valence-corrected chi connectivity index (χ2v) is 5.21. The van der Waals surface area contributed by atoms with Gasteiger partial charge in [-0.05, 0) is 32.0 Å². The molecule has 0 radical (unpaired) electrons. The van der Waals surface area contributed by atoms with Gasteiger partial charge in [0.2, 0.25) is 0 Å². The van der Waals surface area contributed by atoms with Gasteiger partial charge in [-0.25, -0.2) is 4.39 Å². The first kappa shape index (κ1) is 15.7. The van der Waals surface area contributed by atoms with Gasteiger partial charge in [0.25, 0.3) is 0 Å². The fraction of sp³-hybridized carbons (Fsp3) is 0.500. The van der Waals surface area contributed by atoms with Crippen LogP contribution in [0.5, 0.6) is 0 Å². The molecule has 104 valence electrons. The van der Waals surface area contributed by atoms with Gasteiger partial charge in [-0.1, -0.05) is 31.8 Å².